The predicted molar refractivity (Wildman–Crippen MR) is 73.9 cm³/mol. The van der Waals surface area contributed by atoms with Gasteiger partial charge in [-0.05, 0) is 37.8 Å². The van der Waals surface area contributed by atoms with Crippen molar-refractivity contribution in [3.05, 3.63) is 21.3 Å². The maximum atomic E-state index is 12.3. The highest BCUT2D eigenvalue weighted by Gasteiger charge is 2.33. The van der Waals surface area contributed by atoms with E-state index in [1.54, 1.807) is 11.3 Å². The van der Waals surface area contributed by atoms with Gasteiger partial charge in [-0.2, -0.15) is 0 Å². The third-order valence-corrected chi connectivity index (χ3v) is 4.74. The SMILES string of the molecule is O=C1C(NC2CC2)CCCN1Cc1ccc(Cl)s1. The molecular weight excluding hydrogens is 268 g/mol. The second-order valence-corrected chi connectivity index (χ2v) is 6.90. The Bertz CT molecular complexity index is 444. The normalized spacial score (nSPS) is 24.6. The molecule has 1 unspecified atom stereocenters. The van der Waals surface area contributed by atoms with Crippen LogP contribution in [0.5, 0.6) is 0 Å². The lowest BCUT2D eigenvalue weighted by Gasteiger charge is -2.32. The van der Waals surface area contributed by atoms with Crippen molar-refractivity contribution in [1.29, 1.82) is 0 Å². The van der Waals surface area contributed by atoms with E-state index in [9.17, 15) is 4.79 Å². The van der Waals surface area contributed by atoms with E-state index in [0.29, 0.717) is 12.6 Å². The fraction of sp³-hybridized carbons (Fsp3) is 0.615. The Labute approximate surface area is 116 Å². The van der Waals surface area contributed by atoms with Gasteiger partial charge >= 0.3 is 0 Å². The van der Waals surface area contributed by atoms with Crippen LogP contribution in [0.4, 0.5) is 0 Å². The molecule has 1 aromatic heterocycles. The summed E-state index contributed by atoms with van der Waals surface area (Å²) in [6.07, 6.45) is 4.53. The lowest BCUT2D eigenvalue weighted by molar-refractivity contribution is -0.136. The molecule has 1 saturated carbocycles. The number of carbonyl (C=O) groups excluding carboxylic acids is 1. The lowest BCUT2D eigenvalue weighted by atomic mass is 10.0. The summed E-state index contributed by atoms with van der Waals surface area (Å²) in [7, 11) is 0. The van der Waals surface area contributed by atoms with E-state index in [0.717, 1.165) is 23.7 Å². The molecule has 1 aliphatic heterocycles. The molecule has 5 heteroatoms. The third kappa shape index (κ3) is 2.87. The number of amides is 1. The molecule has 1 N–H and O–H groups in total. The Morgan fingerprint density at radius 3 is 2.89 bits per heavy atom. The van der Waals surface area contributed by atoms with Crippen molar-refractivity contribution in [1.82, 2.24) is 10.2 Å². The molecule has 1 aromatic rings. The molecule has 0 aromatic carbocycles. The maximum Gasteiger partial charge on any atom is 0.240 e. The van der Waals surface area contributed by atoms with Crippen molar-refractivity contribution < 1.29 is 4.79 Å². The number of likely N-dealkylation sites (tertiary alicyclic amines) is 1. The number of nitrogens with one attached hydrogen (secondary N) is 1. The summed E-state index contributed by atoms with van der Waals surface area (Å²) in [5.41, 5.74) is 0. The Morgan fingerprint density at radius 1 is 1.39 bits per heavy atom. The van der Waals surface area contributed by atoms with E-state index >= 15 is 0 Å². The third-order valence-electron chi connectivity index (χ3n) is 3.52. The summed E-state index contributed by atoms with van der Waals surface area (Å²) in [5.74, 6) is 0.262. The molecule has 1 aliphatic carbocycles. The van der Waals surface area contributed by atoms with Gasteiger partial charge in [0.25, 0.3) is 0 Å². The minimum absolute atomic E-state index is 0.0432. The summed E-state index contributed by atoms with van der Waals surface area (Å²) < 4.78 is 0.794. The van der Waals surface area contributed by atoms with Crippen LogP contribution in [0, 0.1) is 0 Å². The molecule has 18 heavy (non-hydrogen) atoms. The summed E-state index contributed by atoms with van der Waals surface area (Å²) in [6, 6.07) is 4.55. The van der Waals surface area contributed by atoms with Crippen LogP contribution in [0.3, 0.4) is 0 Å². The van der Waals surface area contributed by atoms with Crippen molar-refractivity contribution in [2.24, 2.45) is 0 Å². The van der Waals surface area contributed by atoms with Crippen molar-refractivity contribution >= 4 is 28.8 Å². The highest BCUT2D eigenvalue weighted by Crippen LogP contribution is 2.26. The van der Waals surface area contributed by atoms with Gasteiger partial charge in [0, 0.05) is 17.5 Å². The van der Waals surface area contributed by atoms with Crippen LogP contribution in [0.15, 0.2) is 12.1 Å². The molecule has 2 aliphatic rings. The Kier molecular flexibility index (Phi) is 3.59. The van der Waals surface area contributed by atoms with E-state index in [-0.39, 0.29) is 11.9 Å². The summed E-state index contributed by atoms with van der Waals surface area (Å²) in [6.45, 7) is 1.58. The fourth-order valence-corrected chi connectivity index (χ4v) is 3.51. The summed E-state index contributed by atoms with van der Waals surface area (Å²) >= 11 is 7.49. The van der Waals surface area contributed by atoms with Crippen LogP contribution in [0.25, 0.3) is 0 Å². The van der Waals surface area contributed by atoms with Crippen LogP contribution in [-0.4, -0.2) is 29.4 Å². The average molecular weight is 285 g/mol. The number of thiophene rings is 1. The van der Waals surface area contributed by atoms with E-state index in [4.69, 9.17) is 11.6 Å². The zero-order valence-corrected chi connectivity index (χ0v) is 11.8. The first-order valence-electron chi connectivity index (χ1n) is 6.51. The summed E-state index contributed by atoms with van der Waals surface area (Å²) in [5, 5.41) is 3.45. The Hall–Kier alpha value is -0.580. The van der Waals surface area contributed by atoms with E-state index < -0.39 is 0 Å². The van der Waals surface area contributed by atoms with Crippen LogP contribution in [0.2, 0.25) is 4.34 Å². The molecule has 0 bridgehead atoms. The first kappa shape index (κ1) is 12.5. The topological polar surface area (TPSA) is 32.3 Å². The minimum atomic E-state index is 0.0432. The zero-order chi connectivity index (χ0) is 12.5. The summed E-state index contributed by atoms with van der Waals surface area (Å²) in [4.78, 5) is 15.5. The van der Waals surface area contributed by atoms with Gasteiger partial charge in [0.2, 0.25) is 5.91 Å². The first-order chi connectivity index (χ1) is 8.72. The molecule has 3 nitrogen and oxygen atoms in total. The van der Waals surface area contributed by atoms with Crippen molar-refractivity contribution in [2.45, 2.75) is 44.3 Å². The first-order valence-corrected chi connectivity index (χ1v) is 7.71. The monoisotopic (exact) mass is 284 g/mol. The van der Waals surface area contributed by atoms with E-state index in [1.807, 2.05) is 17.0 Å². The number of hydrogen-bond acceptors (Lipinski definition) is 3. The molecule has 0 radical (unpaired) electrons. The number of rotatable bonds is 4. The fourth-order valence-electron chi connectivity index (χ4n) is 2.41. The van der Waals surface area contributed by atoms with Crippen molar-refractivity contribution in [3.63, 3.8) is 0 Å². The van der Waals surface area contributed by atoms with Crippen LogP contribution >= 0.6 is 22.9 Å². The van der Waals surface area contributed by atoms with Crippen molar-refractivity contribution in [2.75, 3.05) is 6.54 Å². The van der Waals surface area contributed by atoms with Gasteiger partial charge in [0.1, 0.15) is 0 Å². The highest BCUT2D eigenvalue weighted by atomic mass is 35.5. The minimum Gasteiger partial charge on any atom is -0.336 e. The molecule has 98 valence electrons. The molecule has 1 saturated heterocycles. The standard InChI is InChI=1S/C13H17ClN2OS/c14-12-6-5-10(18-12)8-16-7-1-2-11(13(16)17)15-9-3-4-9/h5-6,9,11,15H,1-4,7-8H2. The molecule has 3 rings (SSSR count). The number of piperidine rings is 1. The number of nitrogens with zero attached hydrogens (tertiary/aromatic N) is 1. The second-order valence-electron chi connectivity index (χ2n) is 5.10. The van der Waals surface area contributed by atoms with E-state index in [1.165, 1.54) is 17.7 Å². The van der Waals surface area contributed by atoms with Gasteiger partial charge in [-0.25, -0.2) is 0 Å². The van der Waals surface area contributed by atoms with E-state index in [2.05, 4.69) is 5.32 Å². The molecule has 2 fully saturated rings. The van der Waals surface area contributed by atoms with Gasteiger partial charge in [-0.1, -0.05) is 11.6 Å². The lowest BCUT2D eigenvalue weighted by Crippen LogP contribution is -2.50. The van der Waals surface area contributed by atoms with Crippen molar-refractivity contribution in [3.8, 4) is 0 Å². The number of hydrogen-bond donors (Lipinski definition) is 1. The number of carbonyl (C=O) groups is 1. The largest absolute Gasteiger partial charge is 0.336 e. The molecule has 0 spiro atoms. The molecule has 2 heterocycles. The molecule has 1 amide bonds. The van der Waals surface area contributed by atoms with Crippen LogP contribution < -0.4 is 5.32 Å². The van der Waals surface area contributed by atoms with Gasteiger partial charge < -0.3 is 10.2 Å². The van der Waals surface area contributed by atoms with Crippen LogP contribution in [0.1, 0.15) is 30.6 Å². The van der Waals surface area contributed by atoms with Crippen LogP contribution in [-0.2, 0) is 11.3 Å². The zero-order valence-electron chi connectivity index (χ0n) is 10.2. The number of halogens is 1. The Morgan fingerprint density at radius 2 is 2.22 bits per heavy atom. The van der Waals surface area contributed by atoms with Gasteiger partial charge in [-0.3, -0.25) is 4.79 Å². The predicted octanol–water partition coefficient (Wildman–Crippen LogP) is 2.64. The average Bonchev–Trinajstić information content (AvgIpc) is 3.07. The van der Waals surface area contributed by atoms with Gasteiger partial charge in [0.15, 0.2) is 0 Å². The second kappa shape index (κ2) is 5.19. The smallest absolute Gasteiger partial charge is 0.240 e. The quantitative estimate of drug-likeness (QED) is 0.922. The maximum absolute atomic E-state index is 12.3. The Balaban J connectivity index is 1.62. The molecule has 1 atom stereocenters. The molecular formula is C13H17ClN2OS. The van der Waals surface area contributed by atoms with Gasteiger partial charge in [-0.15, -0.1) is 11.3 Å². The highest BCUT2D eigenvalue weighted by molar-refractivity contribution is 7.16. The van der Waals surface area contributed by atoms with Gasteiger partial charge in [0.05, 0.1) is 16.9 Å².